The van der Waals surface area contributed by atoms with Crippen molar-refractivity contribution in [3.63, 3.8) is 0 Å². The fourth-order valence-electron chi connectivity index (χ4n) is 2.87. The van der Waals surface area contributed by atoms with Crippen LogP contribution in [0.1, 0.15) is 47.9 Å². The maximum atomic E-state index is 3.80. The van der Waals surface area contributed by atoms with E-state index in [4.69, 9.17) is 0 Å². The van der Waals surface area contributed by atoms with Crippen LogP contribution in [0.3, 0.4) is 0 Å². The summed E-state index contributed by atoms with van der Waals surface area (Å²) in [5.41, 5.74) is 2.83. The summed E-state index contributed by atoms with van der Waals surface area (Å²) in [7, 11) is 0. The molecule has 106 valence electrons. The number of benzene rings is 1. The van der Waals surface area contributed by atoms with Crippen LogP contribution < -0.4 is 5.32 Å². The van der Waals surface area contributed by atoms with E-state index in [1.54, 1.807) is 4.88 Å². The van der Waals surface area contributed by atoms with Gasteiger partial charge in [0.1, 0.15) is 0 Å². The van der Waals surface area contributed by atoms with E-state index in [2.05, 4.69) is 74.4 Å². The van der Waals surface area contributed by atoms with Gasteiger partial charge in [-0.15, -0.1) is 11.3 Å². The minimum Gasteiger partial charge on any atom is -0.303 e. The topological polar surface area (TPSA) is 12.0 Å². The largest absolute Gasteiger partial charge is 0.303 e. The van der Waals surface area contributed by atoms with Crippen LogP contribution >= 0.6 is 43.2 Å². The Bertz CT molecular complexity index is 608. The Labute approximate surface area is 141 Å². The molecule has 3 rings (SSSR count). The Morgan fingerprint density at radius 3 is 2.95 bits per heavy atom. The third-order valence-electron chi connectivity index (χ3n) is 3.88. The number of rotatable bonds is 3. The summed E-state index contributed by atoms with van der Waals surface area (Å²) in [6.45, 7) is 2.25. The SMILES string of the molecule is C[C@H](NC1CCCc2sc(Br)cc21)c1cccc(Br)c1. The molecule has 1 heterocycles. The molecule has 0 amide bonds. The first-order valence-electron chi connectivity index (χ1n) is 6.93. The third-order valence-corrected chi connectivity index (χ3v) is 6.09. The average Bonchev–Trinajstić information content (AvgIpc) is 2.80. The molecule has 0 radical (unpaired) electrons. The summed E-state index contributed by atoms with van der Waals surface area (Å²) in [6, 6.07) is 11.7. The van der Waals surface area contributed by atoms with Crippen molar-refractivity contribution in [3.05, 3.63) is 54.6 Å². The molecule has 2 atom stereocenters. The lowest BCUT2D eigenvalue weighted by Crippen LogP contribution is -2.27. The zero-order valence-electron chi connectivity index (χ0n) is 11.3. The molecular weight excluding hydrogens is 398 g/mol. The first-order chi connectivity index (χ1) is 9.63. The van der Waals surface area contributed by atoms with Gasteiger partial charge in [0.2, 0.25) is 0 Å². The van der Waals surface area contributed by atoms with Gasteiger partial charge in [-0.05, 0) is 71.4 Å². The number of hydrogen-bond donors (Lipinski definition) is 1. The van der Waals surface area contributed by atoms with E-state index < -0.39 is 0 Å². The molecule has 0 saturated heterocycles. The molecule has 20 heavy (non-hydrogen) atoms. The lowest BCUT2D eigenvalue weighted by Gasteiger charge is -2.27. The summed E-state index contributed by atoms with van der Waals surface area (Å²) < 4.78 is 2.40. The van der Waals surface area contributed by atoms with Crippen LogP contribution in [0.25, 0.3) is 0 Å². The molecule has 1 aliphatic rings. The predicted molar refractivity (Wildman–Crippen MR) is 93.4 cm³/mol. The van der Waals surface area contributed by atoms with Crippen molar-refractivity contribution in [3.8, 4) is 0 Å². The van der Waals surface area contributed by atoms with Gasteiger partial charge in [0.25, 0.3) is 0 Å². The second-order valence-electron chi connectivity index (χ2n) is 5.32. The normalized spacial score (nSPS) is 19.6. The highest BCUT2D eigenvalue weighted by Gasteiger charge is 2.24. The van der Waals surface area contributed by atoms with Crippen LogP contribution in [0.4, 0.5) is 0 Å². The van der Waals surface area contributed by atoms with Gasteiger partial charge in [-0.3, -0.25) is 0 Å². The van der Waals surface area contributed by atoms with Gasteiger partial charge in [-0.25, -0.2) is 0 Å². The van der Waals surface area contributed by atoms with Gasteiger partial charge >= 0.3 is 0 Å². The molecule has 0 aliphatic heterocycles. The van der Waals surface area contributed by atoms with Crippen LogP contribution in [0.5, 0.6) is 0 Å². The maximum Gasteiger partial charge on any atom is 0.0704 e. The fraction of sp³-hybridized carbons (Fsp3) is 0.375. The summed E-state index contributed by atoms with van der Waals surface area (Å²) in [5.74, 6) is 0. The first kappa shape index (κ1) is 14.8. The molecule has 1 aromatic carbocycles. The first-order valence-corrected chi connectivity index (χ1v) is 9.33. The number of hydrogen-bond acceptors (Lipinski definition) is 2. The van der Waals surface area contributed by atoms with Crippen LogP contribution in [0.2, 0.25) is 0 Å². The second-order valence-corrected chi connectivity index (χ2v) is 8.75. The van der Waals surface area contributed by atoms with E-state index in [0.717, 1.165) is 4.47 Å². The Balaban J connectivity index is 1.78. The summed E-state index contributed by atoms with van der Waals surface area (Å²) in [5, 5.41) is 3.80. The molecule has 1 N–H and O–H groups in total. The minimum absolute atomic E-state index is 0.363. The van der Waals surface area contributed by atoms with Gasteiger partial charge in [0, 0.05) is 21.4 Å². The Morgan fingerprint density at radius 2 is 2.15 bits per heavy atom. The molecule has 1 aromatic heterocycles. The van der Waals surface area contributed by atoms with E-state index in [9.17, 15) is 0 Å². The van der Waals surface area contributed by atoms with E-state index in [0.29, 0.717) is 12.1 Å². The molecule has 1 aliphatic carbocycles. The number of halogens is 2. The number of nitrogens with one attached hydrogen (secondary N) is 1. The van der Waals surface area contributed by atoms with Gasteiger partial charge in [-0.2, -0.15) is 0 Å². The van der Waals surface area contributed by atoms with Gasteiger partial charge in [0.15, 0.2) is 0 Å². The highest BCUT2D eigenvalue weighted by atomic mass is 79.9. The number of fused-ring (bicyclic) bond motifs is 1. The highest BCUT2D eigenvalue weighted by Crippen LogP contribution is 2.39. The van der Waals surface area contributed by atoms with Crippen molar-refractivity contribution in [2.24, 2.45) is 0 Å². The molecule has 4 heteroatoms. The van der Waals surface area contributed by atoms with Crippen LogP contribution in [0.15, 0.2) is 38.6 Å². The summed E-state index contributed by atoms with van der Waals surface area (Å²) in [6.07, 6.45) is 3.74. The minimum atomic E-state index is 0.363. The maximum absolute atomic E-state index is 3.80. The molecule has 0 fully saturated rings. The average molecular weight is 415 g/mol. The second kappa shape index (κ2) is 6.30. The highest BCUT2D eigenvalue weighted by molar-refractivity contribution is 9.11. The summed E-state index contributed by atoms with van der Waals surface area (Å²) in [4.78, 5) is 1.54. The van der Waals surface area contributed by atoms with Crippen molar-refractivity contribution < 1.29 is 0 Å². The molecule has 1 unspecified atom stereocenters. The Hall–Kier alpha value is -0.160. The number of aryl methyl sites for hydroxylation is 1. The van der Waals surface area contributed by atoms with E-state index >= 15 is 0 Å². The molecule has 0 saturated carbocycles. The van der Waals surface area contributed by atoms with E-state index in [1.807, 2.05) is 11.3 Å². The molecule has 0 spiro atoms. The summed E-state index contributed by atoms with van der Waals surface area (Å²) >= 11 is 9.07. The molecule has 0 bridgehead atoms. The smallest absolute Gasteiger partial charge is 0.0704 e. The fourth-order valence-corrected chi connectivity index (χ4v) is 5.10. The van der Waals surface area contributed by atoms with Gasteiger partial charge in [0.05, 0.1) is 3.79 Å². The quantitative estimate of drug-likeness (QED) is 0.649. The molecule has 2 aromatic rings. The zero-order valence-corrected chi connectivity index (χ0v) is 15.3. The zero-order chi connectivity index (χ0) is 14.1. The lowest BCUT2D eigenvalue weighted by molar-refractivity contribution is 0.418. The van der Waals surface area contributed by atoms with Crippen molar-refractivity contribution >= 4 is 43.2 Å². The number of thiophene rings is 1. The van der Waals surface area contributed by atoms with E-state index in [-0.39, 0.29) is 0 Å². The van der Waals surface area contributed by atoms with Gasteiger partial charge < -0.3 is 5.32 Å². The molecule has 1 nitrogen and oxygen atoms in total. The molecular formula is C16H17Br2NS. The monoisotopic (exact) mass is 413 g/mol. The Kier molecular flexibility index (Phi) is 4.65. The van der Waals surface area contributed by atoms with Gasteiger partial charge in [-0.1, -0.05) is 28.1 Å². The van der Waals surface area contributed by atoms with Crippen molar-refractivity contribution in [1.82, 2.24) is 5.32 Å². The van der Waals surface area contributed by atoms with Crippen LogP contribution in [0, 0.1) is 0 Å². The Morgan fingerprint density at radius 1 is 1.30 bits per heavy atom. The van der Waals surface area contributed by atoms with Crippen LogP contribution in [-0.2, 0) is 6.42 Å². The predicted octanol–water partition coefficient (Wildman–Crippen LogP) is 6.00. The standard InChI is InChI=1S/C16H17Br2NS/c1-10(11-4-2-5-12(17)8-11)19-14-6-3-7-15-13(14)9-16(18)20-15/h2,4-5,8-10,14,19H,3,6-7H2,1H3/t10-,14?/m0/s1. The van der Waals surface area contributed by atoms with Crippen molar-refractivity contribution in [1.29, 1.82) is 0 Å². The third kappa shape index (κ3) is 3.19. The van der Waals surface area contributed by atoms with Crippen molar-refractivity contribution in [2.75, 3.05) is 0 Å². The lowest BCUT2D eigenvalue weighted by atomic mass is 9.93. The van der Waals surface area contributed by atoms with Crippen molar-refractivity contribution in [2.45, 2.75) is 38.3 Å². The van der Waals surface area contributed by atoms with E-state index in [1.165, 1.54) is 34.2 Å². The van der Waals surface area contributed by atoms with Crippen LogP contribution in [-0.4, -0.2) is 0 Å².